The number of nitrogens with zero attached hydrogens (tertiary/aromatic N) is 4. The average molecular weight is 530 g/mol. The zero-order valence-electron chi connectivity index (χ0n) is 20.4. The molecule has 3 aromatic rings. The van der Waals surface area contributed by atoms with E-state index in [4.69, 9.17) is 38.0 Å². The van der Waals surface area contributed by atoms with Crippen molar-refractivity contribution in [1.82, 2.24) is 20.2 Å². The quantitative estimate of drug-likeness (QED) is 0.318. The summed E-state index contributed by atoms with van der Waals surface area (Å²) in [5.41, 5.74) is 2.88. The van der Waals surface area contributed by atoms with Crippen LogP contribution in [0.15, 0.2) is 36.4 Å². The summed E-state index contributed by atoms with van der Waals surface area (Å²) in [6, 6.07) is 11.6. The topological polar surface area (TPSA) is 100 Å². The van der Waals surface area contributed by atoms with Gasteiger partial charge in [0.25, 0.3) is 0 Å². The number of ether oxygens (including phenoxy) is 3. The first-order valence-corrected chi connectivity index (χ1v) is 12.5. The molecule has 0 saturated carbocycles. The van der Waals surface area contributed by atoms with Crippen LogP contribution in [0.3, 0.4) is 0 Å². The minimum absolute atomic E-state index is 0.0893. The van der Waals surface area contributed by atoms with E-state index < -0.39 is 0 Å². The van der Waals surface area contributed by atoms with Gasteiger partial charge in [-0.05, 0) is 48.4 Å². The molecule has 2 heterocycles. The lowest BCUT2D eigenvalue weighted by molar-refractivity contribution is -0.143. The van der Waals surface area contributed by atoms with E-state index in [2.05, 4.69) is 20.7 Å². The van der Waals surface area contributed by atoms with Gasteiger partial charge < -0.3 is 19.5 Å². The fraction of sp³-hybridized carbons (Fsp3) is 0.400. The molecule has 1 N–H and O–H groups in total. The number of methoxy groups -OCH3 is 2. The summed E-state index contributed by atoms with van der Waals surface area (Å²) < 4.78 is 16.3. The maximum absolute atomic E-state index is 11.7. The second-order valence-corrected chi connectivity index (χ2v) is 9.23. The van der Waals surface area contributed by atoms with Gasteiger partial charge in [0.1, 0.15) is 0 Å². The Labute approximate surface area is 220 Å². The van der Waals surface area contributed by atoms with Gasteiger partial charge in [-0.3, -0.25) is 4.79 Å². The highest BCUT2D eigenvalue weighted by molar-refractivity contribution is 7.80. The normalized spacial score (nSPS) is 17.1. The lowest BCUT2D eigenvalue weighted by Gasteiger charge is -2.23. The predicted molar refractivity (Wildman–Crippen MR) is 140 cm³/mol. The highest BCUT2D eigenvalue weighted by atomic mass is 35.5. The van der Waals surface area contributed by atoms with E-state index in [1.165, 1.54) is 4.80 Å². The molecule has 4 rings (SSSR count). The van der Waals surface area contributed by atoms with Crippen LogP contribution in [0.4, 0.5) is 5.69 Å². The number of rotatable bonds is 9. The minimum atomic E-state index is -0.283. The lowest BCUT2D eigenvalue weighted by atomic mass is 9.83. The summed E-state index contributed by atoms with van der Waals surface area (Å²) in [7, 11) is 3.25. The summed E-state index contributed by atoms with van der Waals surface area (Å²) in [4.78, 5) is 13.9. The van der Waals surface area contributed by atoms with Gasteiger partial charge in [-0.1, -0.05) is 36.0 Å². The summed E-state index contributed by atoms with van der Waals surface area (Å²) >= 11 is 12.2. The minimum Gasteiger partial charge on any atom is -0.493 e. The third-order valence-electron chi connectivity index (χ3n) is 6.08. The van der Waals surface area contributed by atoms with E-state index in [0.717, 1.165) is 16.8 Å². The van der Waals surface area contributed by atoms with Gasteiger partial charge in [-0.15, -0.1) is 10.2 Å². The second kappa shape index (κ2) is 11.7. The summed E-state index contributed by atoms with van der Waals surface area (Å²) in [6.07, 6.45) is 1.22. The van der Waals surface area contributed by atoms with Gasteiger partial charge >= 0.3 is 5.97 Å². The molecule has 0 aliphatic carbocycles. The van der Waals surface area contributed by atoms with E-state index in [0.29, 0.717) is 53.3 Å². The van der Waals surface area contributed by atoms with Crippen LogP contribution < -0.4 is 14.8 Å². The largest absolute Gasteiger partial charge is 0.493 e. The van der Waals surface area contributed by atoms with Crippen molar-refractivity contribution in [2.24, 2.45) is 5.92 Å². The number of thiocarbonyl (C=S) groups is 1. The van der Waals surface area contributed by atoms with Crippen molar-refractivity contribution < 1.29 is 19.0 Å². The molecular weight excluding hydrogens is 502 g/mol. The van der Waals surface area contributed by atoms with Crippen LogP contribution in [0.5, 0.6) is 11.5 Å². The Morgan fingerprint density at radius 1 is 1.22 bits per heavy atom. The molecule has 2 aromatic carbocycles. The standard InChI is InChI=1S/C25H28ClN5O4S/c1-4-35-23(32)11-10-22-28-30-31(29-22)14-15-12-18(17-6-5-7-21(33-2)24(17)34-3)19-13-16(26)8-9-20(19)27-25(15)36/h5-9,13,15,18H,4,10-12,14H2,1-3H3,(H,27,36). The molecule has 2 atom stereocenters. The van der Waals surface area contributed by atoms with Gasteiger partial charge in [-0.2, -0.15) is 4.80 Å². The van der Waals surface area contributed by atoms with E-state index in [9.17, 15) is 4.79 Å². The Balaban J connectivity index is 1.63. The number of para-hydroxylation sites is 1. The lowest BCUT2D eigenvalue weighted by Crippen LogP contribution is -2.25. The molecule has 190 valence electrons. The molecule has 1 aliphatic heterocycles. The third kappa shape index (κ3) is 5.76. The number of aryl methyl sites for hydroxylation is 1. The van der Waals surface area contributed by atoms with Gasteiger partial charge in [0, 0.05) is 34.5 Å². The maximum atomic E-state index is 11.7. The highest BCUT2D eigenvalue weighted by Crippen LogP contribution is 2.45. The molecule has 0 bridgehead atoms. The van der Waals surface area contributed by atoms with E-state index in [1.807, 2.05) is 36.4 Å². The predicted octanol–water partition coefficient (Wildman–Crippen LogP) is 4.43. The molecule has 0 radical (unpaired) electrons. The molecule has 0 amide bonds. The number of carbonyl (C=O) groups excluding carboxylic acids is 1. The van der Waals surface area contributed by atoms with Crippen LogP contribution in [-0.4, -0.2) is 52.0 Å². The number of anilines is 1. The number of hydrogen-bond donors (Lipinski definition) is 1. The van der Waals surface area contributed by atoms with Crippen LogP contribution in [0.25, 0.3) is 0 Å². The number of aromatic nitrogens is 4. The van der Waals surface area contributed by atoms with Gasteiger partial charge in [-0.25, -0.2) is 0 Å². The first kappa shape index (κ1) is 25.8. The zero-order chi connectivity index (χ0) is 25.7. The SMILES string of the molecule is CCOC(=O)CCc1nnn(CC2CC(c3cccc(OC)c3OC)c3cc(Cl)ccc3NC2=S)n1. The summed E-state index contributed by atoms with van der Waals surface area (Å²) in [5.74, 6) is 1.32. The van der Waals surface area contributed by atoms with E-state index >= 15 is 0 Å². The third-order valence-corrected chi connectivity index (χ3v) is 6.75. The van der Waals surface area contributed by atoms with Crippen LogP contribution >= 0.6 is 23.8 Å². The molecule has 0 saturated heterocycles. The van der Waals surface area contributed by atoms with Crippen LogP contribution in [0.1, 0.15) is 42.6 Å². The molecule has 1 aliphatic rings. The van der Waals surface area contributed by atoms with Crippen LogP contribution in [-0.2, 0) is 22.5 Å². The number of benzene rings is 2. The molecular formula is C25H28ClN5O4S. The van der Waals surface area contributed by atoms with Gasteiger partial charge in [0.15, 0.2) is 17.3 Å². The number of carbonyl (C=O) groups is 1. The Morgan fingerprint density at radius 2 is 2.06 bits per heavy atom. The van der Waals surface area contributed by atoms with Crippen molar-refractivity contribution in [3.05, 3.63) is 58.4 Å². The first-order chi connectivity index (χ1) is 17.4. The maximum Gasteiger partial charge on any atom is 0.306 e. The number of halogens is 1. The van der Waals surface area contributed by atoms with E-state index in [-0.39, 0.29) is 24.2 Å². The molecule has 0 fully saturated rings. The van der Waals surface area contributed by atoms with Crippen molar-refractivity contribution in [3.8, 4) is 11.5 Å². The number of hydrogen-bond acceptors (Lipinski definition) is 8. The number of nitrogens with one attached hydrogen (secondary N) is 1. The fourth-order valence-corrected chi connectivity index (χ4v) is 4.89. The van der Waals surface area contributed by atoms with Gasteiger partial charge in [0.05, 0.1) is 38.8 Å². The smallest absolute Gasteiger partial charge is 0.306 e. The molecule has 1 aromatic heterocycles. The van der Waals surface area contributed by atoms with Gasteiger partial charge in [0.2, 0.25) is 0 Å². The monoisotopic (exact) mass is 529 g/mol. The highest BCUT2D eigenvalue weighted by Gasteiger charge is 2.32. The number of tetrazole rings is 1. The van der Waals surface area contributed by atoms with Crippen LogP contribution in [0, 0.1) is 5.92 Å². The van der Waals surface area contributed by atoms with Crippen molar-refractivity contribution in [1.29, 1.82) is 0 Å². The van der Waals surface area contributed by atoms with E-state index in [1.54, 1.807) is 21.1 Å². The second-order valence-electron chi connectivity index (χ2n) is 8.35. The molecule has 36 heavy (non-hydrogen) atoms. The fourth-order valence-electron chi connectivity index (χ4n) is 4.43. The van der Waals surface area contributed by atoms with Crippen molar-refractivity contribution in [3.63, 3.8) is 0 Å². The van der Waals surface area contributed by atoms with Crippen molar-refractivity contribution in [2.75, 3.05) is 26.1 Å². The molecule has 11 heteroatoms. The summed E-state index contributed by atoms with van der Waals surface area (Å²) in [5, 5.41) is 16.8. The number of esters is 1. The molecule has 9 nitrogen and oxygen atoms in total. The first-order valence-electron chi connectivity index (χ1n) is 11.7. The molecule has 2 unspecified atom stereocenters. The van der Waals surface area contributed by atoms with Crippen molar-refractivity contribution in [2.45, 2.75) is 38.6 Å². The summed E-state index contributed by atoms with van der Waals surface area (Å²) in [6.45, 7) is 2.54. The Morgan fingerprint density at radius 3 is 2.81 bits per heavy atom. The average Bonchev–Trinajstić information content (AvgIpc) is 3.28. The van der Waals surface area contributed by atoms with Crippen molar-refractivity contribution >= 4 is 40.5 Å². The molecule has 0 spiro atoms. The Hall–Kier alpha value is -3.24. The Bertz CT molecular complexity index is 1250. The number of fused-ring (bicyclic) bond motifs is 1. The Kier molecular flexibility index (Phi) is 8.37. The van der Waals surface area contributed by atoms with Crippen LogP contribution in [0.2, 0.25) is 5.02 Å². The zero-order valence-corrected chi connectivity index (χ0v) is 21.9.